The largest absolute Gasteiger partial charge is 0.507 e. The normalized spacial score (nSPS) is 15.2. The van der Waals surface area contributed by atoms with Crippen LogP contribution in [-0.4, -0.2) is 59.2 Å². The highest BCUT2D eigenvalue weighted by Gasteiger charge is 2.28. The Labute approximate surface area is 170 Å². The number of amides is 2. The minimum Gasteiger partial charge on any atom is -0.507 e. The summed E-state index contributed by atoms with van der Waals surface area (Å²) in [6.07, 6.45) is 1.23. The number of nitrogens with one attached hydrogen (secondary N) is 3. The van der Waals surface area contributed by atoms with Crippen molar-refractivity contribution < 1.29 is 23.1 Å². The molecule has 0 unspecified atom stereocenters. The first-order valence-electron chi connectivity index (χ1n) is 8.14. The number of thioether (sulfide) groups is 1. The number of phenols is 1. The van der Waals surface area contributed by atoms with E-state index < -0.39 is 21.8 Å². The number of phenolic OH excluding ortho intramolecular Hbond substituents is 1. The quantitative estimate of drug-likeness (QED) is 0.524. The third-order valence-electron chi connectivity index (χ3n) is 4.00. The molecule has 0 aliphatic carbocycles. The minimum absolute atomic E-state index is 0.0247. The number of hydrogen-bond donors (Lipinski definition) is 4. The summed E-state index contributed by atoms with van der Waals surface area (Å²) in [5.41, 5.74) is 4.13. The molecular weight excluding hydrogens is 428 g/mol. The molecule has 1 saturated heterocycles. The zero-order valence-corrected chi connectivity index (χ0v) is 16.8. The smallest absolute Gasteiger partial charge is 0.286 e. The van der Waals surface area contributed by atoms with Crippen LogP contribution in [0.5, 0.6) is 5.75 Å². The van der Waals surface area contributed by atoms with Gasteiger partial charge in [-0.25, -0.2) is 8.42 Å². The van der Waals surface area contributed by atoms with E-state index in [1.54, 1.807) is 11.8 Å². The summed E-state index contributed by atoms with van der Waals surface area (Å²) in [6, 6.07) is 5.11. The van der Waals surface area contributed by atoms with Crippen molar-refractivity contribution >= 4 is 45.2 Å². The van der Waals surface area contributed by atoms with Crippen LogP contribution in [0.2, 0.25) is 5.02 Å². The summed E-state index contributed by atoms with van der Waals surface area (Å²) in [4.78, 5) is 26.8. The van der Waals surface area contributed by atoms with E-state index in [0.29, 0.717) is 13.1 Å². The summed E-state index contributed by atoms with van der Waals surface area (Å²) >= 11 is 7.47. The molecule has 3 rings (SSSR count). The monoisotopic (exact) mass is 444 g/mol. The highest BCUT2D eigenvalue weighted by Crippen LogP contribution is 2.22. The third-order valence-corrected chi connectivity index (χ3v) is 7.06. The van der Waals surface area contributed by atoms with Gasteiger partial charge >= 0.3 is 0 Å². The van der Waals surface area contributed by atoms with Crippen molar-refractivity contribution in [2.45, 2.75) is 4.90 Å². The number of H-pyrrole nitrogens is 1. The SMILES string of the molecule is O=C(NNC(=O)c1cc(Cl)ccc1O)c1cc(S(=O)(=O)N2CCSCC2)c[nH]1. The second kappa shape index (κ2) is 8.43. The standard InChI is InChI=1S/C16H17ClN4O5S2/c17-10-1-2-14(22)12(7-10)15(23)19-20-16(24)13-8-11(9-18-13)28(25,26)21-3-5-27-6-4-21/h1-2,7-9,18,22H,3-6H2,(H,19,23)(H,20,24). The number of carbonyl (C=O) groups is 2. The Balaban J connectivity index is 1.66. The first-order valence-corrected chi connectivity index (χ1v) is 11.1. The van der Waals surface area contributed by atoms with Crippen molar-refractivity contribution in [3.05, 3.63) is 46.7 Å². The Morgan fingerprint density at radius 2 is 1.82 bits per heavy atom. The van der Waals surface area contributed by atoms with E-state index in [1.807, 2.05) is 0 Å². The Hall–Kier alpha value is -2.21. The van der Waals surface area contributed by atoms with Crippen LogP contribution in [0.4, 0.5) is 0 Å². The lowest BCUT2D eigenvalue weighted by Gasteiger charge is -2.24. The fraction of sp³-hybridized carbons (Fsp3) is 0.250. The zero-order chi connectivity index (χ0) is 20.3. The summed E-state index contributed by atoms with van der Waals surface area (Å²) in [7, 11) is -3.69. The second-order valence-electron chi connectivity index (χ2n) is 5.84. The van der Waals surface area contributed by atoms with Gasteiger partial charge in [0.1, 0.15) is 16.3 Å². The number of aromatic hydroxyl groups is 1. The Morgan fingerprint density at radius 1 is 1.14 bits per heavy atom. The first-order chi connectivity index (χ1) is 13.3. The Morgan fingerprint density at radius 3 is 2.54 bits per heavy atom. The highest BCUT2D eigenvalue weighted by molar-refractivity contribution is 7.99. The number of hydrazine groups is 1. The molecule has 0 radical (unpaired) electrons. The molecule has 0 saturated carbocycles. The molecule has 12 heteroatoms. The lowest BCUT2D eigenvalue weighted by molar-refractivity contribution is 0.0842. The molecule has 1 aromatic carbocycles. The van der Waals surface area contributed by atoms with Crippen LogP contribution in [0.25, 0.3) is 0 Å². The number of nitrogens with zero attached hydrogens (tertiary/aromatic N) is 1. The van der Waals surface area contributed by atoms with Gasteiger partial charge in [-0.1, -0.05) is 11.6 Å². The van der Waals surface area contributed by atoms with E-state index in [0.717, 1.165) is 11.5 Å². The van der Waals surface area contributed by atoms with Crippen LogP contribution in [0.15, 0.2) is 35.4 Å². The average Bonchev–Trinajstić information content (AvgIpc) is 3.19. The van der Waals surface area contributed by atoms with Gasteiger partial charge < -0.3 is 10.1 Å². The van der Waals surface area contributed by atoms with Crippen molar-refractivity contribution in [2.24, 2.45) is 0 Å². The summed E-state index contributed by atoms with van der Waals surface area (Å²) < 4.78 is 26.6. The van der Waals surface area contributed by atoms with E-state index in [2.05, 4.69) is 15.8 Å². The first kappa shape index (κ1) is 20.5. The predicted molar refractivity (Wildman–Crippen MR) is 105 cm³/mol. The molecule has 2 amide bonds. The average molecular weight is 445 g/mol. The molecule has 0 atom stereocenters. The molecule has 1 aromatic heterocycles. The molecule has 0 spiro atoms. The van der Waals surface area contributed by atoms with E-state index in [1.165, 1.54) is 34.8 Å². The molecule has 1 aliphatic rings. The number of benzene rings is 1. The Bertz CT molecular complexity index is 1000. The third kappa shape index (κ3) is 4.43. The van der Waals surface area contributed by atoms with E-state index in [-0.39, 0.29) is 26.9 Å². The number of carbonyl (C=O) groups excluding carboxylic acids is 2. The van der Waals surface area contributed by atoms with Crippen LogP contribution in [-0.2, 0) is 10.0 Å². The van der Waals surface area contributed by atoms with Gasteiger partial charge in [0.25, 0.3) is 11.8 Å². The predicted octanol–water partition coefficient (Wildman–Crippen LogP) is 1.19. The van der Waals surface area contributed by atoms with Crippen LogP contribution < -0.4 is 10.9 Å². The lowest BCUT2D eigenvalue weighted by Crippen LogP contribution is -2.41. The molecule has 1 aliphatic heterocycles. The van der Waals surface area contributed by atoms with Crippen molar-refractivity contribution in [2.75, 3.05) is 24.6 Å². The van der Waals surface area contributed by atoms with Gasteiger partial charge in [-0.3, -0.25) is 20.4 Å². The zero-order valence-electron chi connectivity index (χ0n) is 14.4. The molecule has 1 fully saturated rings. The van der Waals surface area contributed by atoms with Crippen LogP contribution in [0.1, 0.15) is 20.8 Å². The fourth-order valence-electron chi connectivity index (χ4n) is 2.53. The molecule has 2 heterocycles. The van der Waals surface area contributed by atoms with Crippen molar-refractivity contribution in [1.29, 1.82) is 0 Å². The second-order valence-corrected chi connectivity index (χ2v) is 9.43. The summed E-state index contributed by atoms with van der Waals surface area (Å²) in [5.74, 6) is -0.383. The van der Waals surface area contributed by atoms with Gasteiger partial charge in [0.05, 0.1) is 5.56 Å². The molecule has 4 N–H and O–H groups in total. The van der Waals surface area contributed by atoms with Crippen LogP contribution >= 0.6 is 23.4 Å². The number of sulfonamides is 1. The van der Waals surface area contributed by atoms with Gasteiger partial charge in [-0.05, 0) is 24.3 Å². The van der Waals surface area contributed by atoms with Crippen molar-refractivity contribution in [1.82, 2.24) is 20.1 Å². The van der Waals surface area contributed by atoms with Gasteiger partial charge in [0, 0.05) is 35.8 Å². The number of halogens is 1. The van der Waals surface area contributed by atoms with Gasteiger partial charge in [0.15, 0.2) is 0 Å². The van der Waals surface area contributed by atoms with Crippen molar-refractivity contribution in [3.8, 4) is 5.75 Å². The summed E-state index contributed by atoms with van der Waals surface area (Å²) in [5, 5.41) is 9.93. The summed E-state index contributed by atoms with van der Waals surface area (Å²) in [6.45, 7) is 0.831. The van der Waals surface area contributed by atoms with Crippen LogP contribution in [0.3, 0.4) is 0 Å². The lowest BCUT2D eigenvalue weighted by atomic mass is 10.2. The number of aromatic nitrogens is 1. The Kier molecular flexibility index (Phi) is 6.18. The molecule has 28 heavy (non-hydrogen) atoms. The highest BCUT2D eigenvalue weighted by atomic mass is 35.5. The van der Waals surface area contributed by atoms with Gasteiger partial charge in [-0.15, -0.1) is 0 Å². The van der Waals surface area contributed by atoms with E-state index in [4.69, 9.17) is 11.6 Å². The minimum atomic E-state index is -3.69. The van der Waals surface area contributed by atoms with Crippen molar-refractivity contribution in [3.63, 3.8) is 0 Å². The number of hydrogen-bond acceptors (Lipinski definition) is 6. The maximum atomic E-state index is 12.6. The molecule has 150 valence electrons. The van der Waals surface area contributed by atoms with E-state index in [9.17, 15) is 23.1 Å². The molecule has 2 aromatic rings. The molecular formula is C16H17ClN4O5S2. The molecule has 0 bridgehead atoms. The van der Waals surface area contributed by atoms with Gasteiger partial charge in [-0.2, -0.15) is 16.1 Å². The number of rotatable bonds is 4. The topological polar surface area (TPSA) is 132 Å². The fourth-order valence-corrected chi connectivity index (χ4v) is 5.27. The van der Waals surface area contributed by atoms with Crippen LogP contribution in [0, 0.1) is 0 Å². The van der Waals surface area contributed by atoms with E-state index >= 15 is 0 Å². The maximum absolute atomic E-state index is 12.6. The molecule has 9 nitrogen and oxygen atoms in total. The maximum Gasteiger partial charge on any atom is 0.286 e. The number of aromatic amines is 1. The van der Waals surface area contributed by atoms with Gasteiger partial charge in [0.2, 0.25) is 10.0 Å².